The summed E-state index contributed by atoms with van der Waals surface area (Å²) >= 11 is 5.61. The Bertz CT molecular complexity index is 376. The predicted molar refractivity (Wildman–Crippen MR) is 54.5 cm³/mol. The van der Waals surface area contributed by atoms with Crippen LogP contribution in [0.2, 0.25) is 5.15 Å². The average Bonchev–Trinajstić information content (AvgIpc) is 2.27. The molecule has 0 aliphatic carbocycles. The quantitative estimate of drug-likeness (QED) is 0.483. The van der Waals surface area contributed by atoms with E-state index in [2.05, 4.69) is 10.5 Å². The lowest BCUT2D eigenvalue weighted by Crippen LogP contribution is -2.26. The van der Waals surface area contributed by atoms with Crippen molar-refractivity contribution in [2.24, 2.45) is 0 Å². The van der Waals surface area contributed by atoms with Crippen molar-refractivity contribution in [2.45, 2.75) is 0 Å². The molecule has 0 bridgehead atoms. The number of aromatic nitrogens is 1. The zero-order chi connectivity index (χ0) is 12.0. The number of methoxy groups -OCH3 is 1. The van der Waals surface area contributed by atoms with E-state index in [9.17, 15) is 9.18 Å². The zero-order valence-electron chi connectivity index (χ0n) is 8.50. The van der Waals surface area contributed by atoms with Crippen molar-refractivity contribution in [3.63, 3.8) is 0 Å². The van der Waals surface area contributed by atoms with Gasteiger partial charge in [0.25, 0.3) is 5.91 Å². The molecule has 1 aromatic heterocycles. The monoisotopic (exact) mass is 248 g/mol. The molecule has 0 unspecified atom stereocenters. The summed E-state index contributed by atoms with van der Waals surface area (Å²) in [5.74, 6) is -1.31. The molecule has 1 aromatic rings. The second-order valence-electron chi connectivity index (χ2n) is 2.76. The SMILES string of the molecule is COCCONC(=O)c1cc(F)cnc1Cl. The van der Waals surface area contributed by atoms with Gasteiger partial charge in [0.15, 0.2) is 0 Å². The van der Waals surface area contributed by atoms with Gasteiger partial charge < -0.3 is 4.74 Å². The largest absolute Gasteiger partial charge is 0.382 e. The fraction of sp³-hybridized carbons (Fsp3) is 0.333. The Labute approximate surface area is 96.5 Å². The van der Waals surface area contributed by atoms with Crippen molar-refractivity contribution in [3.8, 4) is 0 Å². The Balaban J connectivity index is 2.55. The maximum Gasteiger partial charge on any atom is 0.278 e. The standard InChI is InChI=1S/C9H10ClFN2O3/c1-15-2-3-16-13-9(14)7-4-6(11)5-12-8(7)10/h4-5H,2-3H2,1H3,(H,13,14). The van der Waals surface area contributed by atoms with Crippen molar-refractivity contribution in [3.05, 3.63) is 28.8 Å². The van der Waals surface area contributed by atoms with Gasteiger partial charge in [-0.05, 0) is 6.07 Å². The van der Waals surface area contributed by atoms with Gasteiger partial charge in [0.1, 0.15) is 11.0 Å². The predicted octanol–water partition coefficient (Wildman–Crippen LogP) is 1.18. The molecule has 88 valence electrons. The maximum atomic E-state index is 12.8. The smallest absolute Gasteiger partial charge is 0.278 e. The molecular formula is C9H10ClFN2O3. The van der Waals surface area contributed by atoms with Gasteiger partial charge in [0.2, 0.25) is 0 Å². The molecule has 1 rings (SSSR count). The molecule has 1 heterocycles. The molecule has 0 saturated carbocycles. The molecule has 0 aliphatic heterocycles. The zero-order valence-corrected chi connectivity index (χ0v) is 9.25. The third-order valence-corrected chi connectivity index (χ3v) is 1.91. The lowest BCUT2D eigenvalue weighted by molar-refractivity contribution is 0.00885. The number of hydrogen-bond donors (Lipinski definition) is 1. The van der Waals surface area contributed by atoms with Crippen LogP contribution in [-0.4, -0.2) is 31.2 Å². The molecule has 0 spiro atoms. The van der Waals surface area contributed by atoms with Gasteiger partial charge in [-0.2, -0.15) is 0 Å². The van der Waals surface area contributed by atoms with E-state index in [4.69, 9.17) is 21.2 Å². The summed E-state index contributed by atoms with van der Waals surface area (Å²) in [6.45, 7) is 0.512. The molecule has 16 heavy (non-hydrogen) atoms. The number of hydrogen-bond acceptors (Lipinski definition) is 4. The highest BCUT2D eigenvalue weighted by Gasteiger charge is 2.12. The fourth-order valence-electron chi connectivity index (χ4n) is 0.878. The van der Waals surface area contributed by atoms with E-state index in [0.29, 0.717) is 6.61 Å². The number of carbonyl (C=O) groups is 1. The number of nitrogens with one attached hydrogen (secondary N) is 1. The second kappa shape index (κ2) is 6.37. The summed E-state index contributed by atoms with van der Waals surface area (Å²) in [6.07, 6.45) is 0.922. The molecule has 7 heteroatoms. The molecule has 0 fully saturated rings. The molecule has 1 N–H and O–H groups in total. The van der Waals surface area contributed by atoms with Crippen LogP contribution in [0, 0.1) is 5.82 Å². The number of hydroxylamine groups is 1. The summed E-state index contributed by atoms with van der Waals surface area (Å²) in [7, 11) is 1.50. The topological polar surface area (TPSA) is 60.5 Å². The molecule has 0 aromatic carbocycles. The summed E-state index contributed by atoms with van der Waals surface area (Å²) in [5.41, 5.74) is 2.01. The number of rotatable bonds is 5. The number of halogens is 2. The normalized spacial score (nSPS) is 10.2. The summed E-state index contributed by atoms with van der Waals surface area (Å²) in [4.78, 5) is 19.7. The molecule has 5 nitrogen and oxygen atoms in total. The fourth-order valence-corrected chi connectivity index (χ4v) is 1.07. The van der Waals surface area contributed by atoms with Crippen LogP contribution in [0.1, 0.15) is 10.4 Å². The van der Waals surface area contributed by atoms with E-state index >= 15 is 0 Å². The summed E-state index contributed by atoms with van der Waals surface area (Å²) in [6, 6.07) is 0.977. The van der Waals surface area contributed by atoms with Crippen molar-refractivity contribution >= 4 is 17.5 Å². The minimum atomic E-state index is -0.659. The Hall–Kier alpha value is -1.24. The highest BCUT2D eigenvalue weighted by molar-refractivity contribution is 6.32. The van der Waals surface area contributed by atoms with E-state index in [1.165, 1.54) is 7.11 Å². The first-order chi connectivity index (χ1) is 7.65. The van der Waals surface area contributed by atoms with E-state index in [-0.39, 0.29) is 17.3 Å². The Morgan fingerprint density at radius 3 is 3.06 bits per heavy atom. The first kappa shape index (κ1) is 12.8. The average molecular weight is 249 g/mol. The minimum absolute atomic E-state index is 0.0842. The Morgan fingerprint density at radius 2 is 2.38 bits per heavy atom. The van der Waals surface area contributed by atoms with Crippen molar-refractivity contribution in [1.29, 1.82) is 0 Å². The van der Waals surface area contributed by atoms with Gasteiger partial charge in [0, 0.05) is 7.11 Å². The van der Waals surface area contributed by atoms with Crippen LogP contribution in [0.3, 0.4) is 0 Å². The van der Waals surface area contributed by atoms with Crippen LogP contribution in [0.5, 0.6) is 0 Å². The second-order valence-corrected chi connectivity index (χ2v) is 3.12. The summed E-state index contributed by atoms with van der Waals surface area (Å²) in [5, 5.41) is -0.0887. The van der Waals surface area contributed by atoms with Crippen LogP contribution < -0.4 is 5.48 Å². The molecule has 0 atom stereocenters. The first-order valence-electron chi connectivity index (χ1n) is 4.37. The number of ether oxygens (including phenoxy) is 1. The first-order valence-corrected chi connectivity index (χ1v) is 4.75. The van der Waals surface area contributed by atoms with Gasteiger partial charge in [0.05, 0.1) is 25.0 Å². The third-order valence-electron chi connectivity index (χ3n) is 1.60. The van der Waals surface area contributed by atoms with Gasteiger partial charge in [-0.1, -0.05) is 11.6 Å². The highest BCUT2D eigenvalue weighted by atomic mass is 35.5. The van der Waals surface area contributed by atoms with Crippen molar-refractivity contribution < 1.29 is 18.8 Å². The molecular weight excluding hydrogens is 239 g/mol. The molecule has 1 amide bonds. The minimum Gasteiger partial charge on any atom is -0.382 e. The van der Waals surface area contributed by atoms with E-state index in [1.54, 1.807) is 0 Å². The van der Waals surface area contributed by atoms with Crippen LogP contribution in [-0.2, 0) is 9.57 Å². The van der Waals surface area contributed by atoms with Crippen LogP contribution in [0.15, 0.2) is 12.3 Å². The van der Waals surface area contributed by atoms with Gasteiger partial charge >= 0.3 is 0 Å². The van der Waals surface area contributed by atoms with Crippen LogP contribution in [0.4, 0.5) is 4.39 Å². The number of amides is 1. The van der Waals surface area contributed by atoms with E-state index in [1.807, 2.05) is 0 Å². The number of pyridine rings is 1. The highest BCUT2D eigenvalue weighted by Crippen LogP contribution is 2.13. The van der Waals surface area contributed by atoms with Crippen molar-refractivity contribution in [1.82, 2.24) is 10.5 Å². The van der Waals surface area contributed by atoms with E-state index in [0.717, 1.165) is 12.3 Å². The number of carbonyl (C=O) groups excluding carboxylic acids is 1. The number of nitrogens with zero attached hydrogens (tertiary/aromatic N) is 1. The van der Waals surface area contributed by atoms with Crippen LogP contribution >= 0.6 is 11.6 Å². The van der Waals surface area contributed by atoms with E-state index < -0.39 is 11.7 Å². The molecule has 0 aliphatic rings. The maximum absolute atomic E-state index is 12.8. The lowest BCUT2D eigenvalue weighted by Gasteiger charge is -2.06. The van der Waals surface area contributed by atoms with Crippen LogP contribution in [0.25, 0.3) is 0 Å². The van der Waals surface area contributed by atoms with Gasteiger partial charge in [-0.3, -0.25) is 9.63 Å². The Morgan fingerprint density at radius 1 is 1.62 bits per heavy atom. The molecule has 0 radical (unpaired) electrons. The van der Waals surface area contributed by atoms with Gasteiger partial charge in [-0.15, -0.1) is 0 Å². The third kappa shape index (κ3) is 3.73. The molecule has 0 saturated heterocycles. The lowest BCUT2D eigenvalue weighted by atomic mass is 10.3. The van der Waals surface area contributed by atoms with Gasteiger partial charge in [-0.25, -0.2) is 14.9 Å². The Kier molecular flexibility index (Phi) is 5.10. The summed E-state index contributed by atoms with van der Waals surface area (Å²) < 4.78 is 17.5. The van der Waals surface area contributed by atoms with Crippen molar-refractivity contribution in [2.75, 3.05) is 20.3 Å².